The molecule has 2 aliphatic rings. The number of carbonyl (C=O) groups excluding carboxylic acids is 1. The van der Waals surface area contributed by atoms with E-state index in [0.717, 1.165) is 54.9 Å². The maximum Gasteiger partial charge on any atom is 0.267 e. The molecule has 170 valence electrons. The van der Waals surface area contributed by atoms with Crippen molar-refractivity contribution < 1.29 is 19.9 Å². The fourth-order valence-electron chi connectivity index (χ4n) is 5.02. The van der Waals surface area contributed by atoms with Crippen LogP contribution >= 0.6 is 0 Å². The molecule has 1 aliphatic carbocycles. The molecule has 1 amide bonds. The second-order valence-corrected chi connectivity index (χ2v) is 9.07. The highest BCUT2D eigenvalue weighted by molar-refractivity contribution is 6.04. The summed E-state index contributed by atoms with van der Waals surface area (Å²) >= 11 is 0. The number of oxime groups is 1. The molecular weight excluding hydrogens is 392 g/mol. The zero-order valence-electron chi connectivity index (χ0n) is 18.6. The quantitative estimate of drug-likeness (QED) is 0.143. The molecule has 3 N–H and O–H groups in total. The molecule has 1 aromatic carbocycles. The minimum Gasteiger partial charge on any atom is -0.486 e. The molecule has 6 heteroatoms. The zero-order chi connectivity index (χ0) is 22.1. The second-order valence-electron chi connectivity index (χ2n) is 9.07. The van der Waals surface area contributed by atoms with Gasteiger partial charge in [0.25, 0.3) is 5.91 Å². The number of rotatable bonds is 10. The van der Waals surface area contributed by atoms with Gasteiger partial charge in [0.05, 0.1) is 5.71 Å². The van der Waals surface area contributed by atoms with Crippen molar-refractivity contribution >= 4 is 17.7 Å². The Balaban J connectivity index is 1.73. The maximum absolute atomic E-state index is 11.3. The average molecular weight is 429 g/mol. The Morgan fingerprint density at radius 2 is 2.03 bits per heavy atom. The minimum absolute atomic E-state index is 0.325. The standard InChI is InChI=1S/C25H36N2O4/c1-2-3-15-25(16-7-6-10-19-8-4-5-9-19)18-22(26-29)21-17-20(11-13-23(21)31-25)12-14-24(28)27-30/h11-14,17,19,29-30H,2-10,15-16,18H2,1H3,(H,27,28)/b14-12+,26-22-. The van der Waals surface area contributed by atoms with Gasteiger partial charge in [-0.1, -0.05) is 63.1 Å². The van der Waals surface area contributed by atoms with Crippen LogP contribution in [0.25, 0.3) is 6.08 Å². The number of nitrogens with one attached hydrogen (secondary N) is 1. The monoisotopic (exact) mass is 428 g/mol. The van der Waals surface area contributed by atoms with Crippen molar-refractivity contribution in [3.63, 3.8) is 0 Å². The van der Waals surface area contributed by atoms with Crippen molar-refractivity contribution in [1.82, 2.24) is 5.48 Å². The number of ether oxygens (including phenoxy) is 1. The largest absolute Gasteiger partial charge is 0.486 e. The lowest BCUT2D eigenvalue weighted by atomic mass is 9.81. The molecule has 1 aliphatic heterocycles. The van der Waals surface area contributed by atoms with Gasteiger partial charge in [0.15, 0.2) is 0 Å². The molecular formula is C25H36N2O4. The van der Waals surface area contributed by atoms with E-state index in [4.69, 9.17) is 9.94 Å². The number of unbranched alkanes of at least 4 members (excludes halogenated alkanes) is 2. The molecule has 0 bridgehead atoms. The molecule has 1 atom stereocenters. The Morgan fingerprint density at radius 3 is 2.74 bits per heavy atom. The topological polar surface area (TPSA) is 91.2 Å². The van der Waals surface area contributed by atoms with Gasteiger partial charge >= 0.3 is 0 Å². The fraction of sp³-hybridized carbons (Fsp3) is 0.600. The predicted molar refractivity (Wildman–Crippen MR) is 122 cm³/mol. The first kappa shape index (κ1) is 23.3. The van der Waals surface area contributed by atoms with E-state index in [1.54, 1.807) is 11.6 Å². The molecule has 6 nitrogen and oxygen atoms in total. The summed E-state index contributed by atoms with van der Waals surface area (Å²) in [5.41, 5.74) is 3.41. The summed E-state index contributed by atoms with van der Waals surface area (Å²) in [5.74, 6) is 1.05. The van der Waals surface area contributed by atoms with Crippen LogP contribution in [0.1, 0.15) is 95.1 Å². The Hall–Kier alpha value is -2.34. The van der Waals surface area contributed by atoms with Gasteiger partial charge in [0.1, 0.15) is 11.4 Å². The number of hydrogen-bond donors (Lipinski definition) is 3. The van der Waals surface area contributed by atoms with Crippen LogP contribution in [-0.4, -0.2) is 27.6 Å². The molecule has 0 saturated heterocycles. The van der Waals surface area contributed by atoms with E-state index < -0.39 is 5.91 Å². The normalized spacial score (nSPS) is 22.6. The van der Waals surface area contributed by atoms with Crippen LogP contribution in [-0.2, 0) is 4.79 Å². The smallest absolute Gasteiger partial charge is 0.267 e. The zero-order valence-corrected chi connectivity index (χ0v) is 18.6. The van der Waals surface area contributed by atoms with Crippen molar-refractivity contribution in [3.05, 3.63) is 35.4 Å². The van der Waals surface area contributed by atoms with Gasteiger partial charge in [-0.05, 0) is 55.4 Å². The lowest BCUT2D eigenvalue weighted by molar-refractivity contribution is -0.124. The van der Waals surface area contributed by atoms with Gasteiger partial charge in [0, 0.05) is 18.1 Å². The fourth-order valence-corrected chi connectivity index (χ4v) is 5.02. The highest BCUT2D eigenvalue weighted by atomic mass is 16.5. The first-order valence-electron chi connectivity index (χ1n) is 11.8. The van der Waals surface area contributed by atoms with Crippen molar-refractivity contribution in [2.75, 3.05) is 0 Å². The number of fused-ring (bicyclic) bond motifs is 1. The number of hydrogen-bond acceptors (Lipinski definition) is 5. The number of amides is 1. The van der Waals surface area contributed by atoms with Gasteiger partial charge in [-0.2, -0.15) is 0 Å². The summed E-state index contributed by atoms with van der Waals surface area (Å²) < 4.78 is 6.59. The molecule has 0 radical (unpaired) electrons. The molecule has 1 aromatic rings. The van der Waals surface area contributed by atoms with E-state index in [1.165, 1.54) is 44.6 Å². The Kier molecular flexibility index (Phi) is 8.52. The minimum atomic E-state index is -0.596. The Bertz CT molecular complexity index is 799. The highest BCUT2D eigenvalue weighted by Crippen LogP contribution is 2.40. The summed E-state index contributed by atoms with van der Waals surface area (Å²) in [4.78, 5) is 11.3. The molecule has 1 fully saturated rings. The van der Waals surface area contributed by atoms with Gasteiger partial charge in [-0.25, -0.2) is 5.48 Å². The lowest BCUT2D eigenvalue weighted by Crippen LogP contribution is -2.42. The highest BCUT2D eigenvalue weighted by Gasteiger charge is 2.39. The van der Waals surface area contributed by atoms with Crippen LogP contribution in [0.15, 0.2) is 29.4 Å². The Morgan fingerprint density at radius 1 is 1.26 bits per heavy atom. The van der Waals surface area contributed by atoms with Gasteiger partial charge in [-0.15, -0.1) is 0 Å². The molecule has 0 spiro atoms. The van der Waals surface area contributed by atoms with E-state index in [-0.39, 0.29) is 5.60 Å². The van der Waals surface area contributed by atoms with Crippen LogP contribution < -0.4 is 10.2 Å². The van der Waals surface area contributed by atoms with Gasteiger partial charge in [0.2, 0.25) is 0 Å². The Labute approximate surface area is 185 Å². The summed E-state index contributed by atoms with van der Waals surface area (Å²) in [5, 5.41) is 22.0. The van der Waals surface area contributed by atoms with Crippen LogP contribution in [0.5, 0.6) is 5.75 Å². The average Bonchev–Trinajstić information content (AvgIpc) is 3.32. The van der Waals surface area contributed by atoms with E-state index in [0.29, 0.717) is 12.1 Å². The van der Waals surface area contributed by atoms with Gasteiger partial charge < -0.3 is 9.94 Å². The predicted octanol–water partition coefficient (Wildman–Crippen LogP) is 5.85. The van der Waals surface area contributed by atoms with E-state index in [1.807, 2.05) is 18.2 Å². The van der Waals surface area contributed by atoms with Crippen molar-refractivity contribution in [1.29, 1.82) is 0 Å². The van der Waals surface area contributed by atoms with Crippen molar-refractivity contribution in [2.24, 2.45) is 11.1 Å². The van der Waals surface area contributed by atoms with E-state index in [2.05, 4.69) is 12.1 Å². The molecule has 1 heterocycles. The first-order chi connectivity index (χ1) is 15.1. The van der Waals surface area contributed by atoms with Crippen LogP contribution in [0.3, 0.4) is 0 Å². The summed E-state index contributed by atoms with van der Waals surface area (Å²) in [6.45, 7) is 2.19. The number of hydroxylamine groups is 1. The van der Waals surface area contributed by atoms with Crippen LogP contribution in [0.4, 0.5) is 0 Å². The SMILES string of the molecule is CCCCC1(CCCCC2CCCC2)C/C(=N/O)c2cc(/C=C/C(=O)NO)ccc2O1. The van der Waals surface area contributed by atoms with Crippen LogP contribution in [0.2, 0.25) is 0 Å². The maximum atomic E-state index is 11.3. The van der Waals surface area contributed by atoms with Gasteiger partial charge in [-0.3, -0.25) is 10.0 Å². The van der Waals surface area contributed by atoms with Crippen molar-refractivity contribution in [2.45, 2.75) is 89.6 Å². The molecule has 1 unspecified atom stereocenters. The number of nitrogens with zero attached hydrogens (tertiary/aromatic N) is 1. The third-order valence-corrected chi connectivity index (χ3v) is 6.74. The number of carbonyl (C=O) groups is 1. The molecule has 0 aromatic heterocycles. The second kappa shape index (κ2) is 11.3. The van der Waals surface area contributed by atoms with Crippen LogP contribution in [0, 0.1) is 5.92 Å². The third-order valence-electron chi connectivity index (χ3n) is 6.74. The third kappa shape index (κ3) is 6.33. The van der Waals surface area contributed by atoms with E-state index >= 15 is 0 Å². The molecule has 1 saturated carbocycles. The summed E-state index contributed by atoms with van der Waals surface area (Å²) in [6.07, 6.45) is 16.8. The summed E-state index contributed by atoms with van der Waals surface area (Å²) in [7, 11) is 0. The van der Waals surface area contributed by atoms with Crippen molar-refractivity contribution in [3.8, 4) is 5.75 Å². The van der Waals surface area contributed by atoms with E-state index in [9.17, 15) is 10.0 Å². The molecule has 31 heavy (non-hydrogen) atoms. The first-order valence-corrected chi connectivity index (χ1v) is 11.8. The molecule has 3 rings (SSSR count). The number of benzene rings is 1. The lowest BCUT2D eigenvalue weighted by Gasteiger charge is -2.39. The summed E-state index contributed by atoms with van der Waals surface area (Å²) in [6, 6.07) is 5.61.